The Morgan fingerprint density at radius 1 is 1.12 bits per heavy atom. The molecule has 2 rings (SSSR count). The summed E-state index contributed by atoms with van der Waals surface area (Å²) in [5.74, 6) is 0.0377. The second-order valence-electron chi connectivity index (χ2n) is 5.11. The highest BCUT2D eigenvalue weighted by molar-refractivity contribution is 14.1. The third-order valence-electron chi connectivity index (χ3n) is 3.30. The van der Waals surface area contributed by atoms with Gasteiger partial charge in [-0.05, 0) is 65.1 Å². The average molecular weight is 460 g/mol. The number of amides is 1. The number of halogens is 1. The van der Waals surface area contributed by atoms with Gasteiger partial charge in [-0.15, -0.1) is 0 Å². The standard InChI is InChI=1S/C16H17IN2O4S/c1-19(2)24(21,22)13-8-9-15(23-3)14(10-13)18-16(20)11-4-6-12(17)7-5-11/h4-10H,1-3H3,(H,18,20). The van der Waals surface area contributed by atoms with Crippen molar-refractivity contribution in [3.05, 3.63) is 51.6 Å². The highest BCUT2D eigenvalue weighted by Crippen LogP contribution is 2.29. The summed E-state index contributed by atoms with van der Waals surface area (Å²) in [6.07, 6.45) is 0. The summed E-state index contributed by atoms with van der Waals surface area (Å²) in [6, 6.07) is 11.4. The van der Waals surface area contributed by atoms with Crippen molar-refractivity contribution in [1.82, 2.24) is 4.31 Å². The van der Waals surface area contributed by atoms with Crippen molar-refractivity contribution in [2.24, 2.45) is 0 Å². The van der Waals surface area contributed by atoms with Crippen molar-refractivity contribution in [2.75, 3.05) is 26.5 Å². The van der Waals surface area contributed by atoms with Crippen LogP contribution in [-0.2, 0) is 10.0 Å². The first kappa shape index (κ1) is 18.7. The molecule has 0 fully saturated rings. The molecule has 0 bridgehead atoms. The molecule has 0 saturated carbocycles. The monoisotopic (exact) mass is 460 g/mol. The number of sulfonamides is 1. The summed E-state index contributed by atoms with van der Waals surface area (Å²) in [4.78, 5) is 12.4. The number of carbonyl (C=O) groups is 1. The first-order valence-corrected chi connectivity index (χ1v) is 9.45. The van der Waals surface area contributed by atoms with Crippen molar-refractivity contribution in [2.45, 2.75) is 4.90 Å². The van der Waals surface area contributed by atoms with Crippen molar-refractivity contribution < 1.29 is 17.9 Å². The van der Waals surface area contributed by atoms with Crippen LogP contribution < -0.4 is 10.1 Å². The third-order valence-corrected chi connectivity index (χ3v) is 5.83. The van der Waals surface area contributed by atoms with Gasteiger partial charge in [-0.25, -0.2) is 12.7 Å². The van der Waals surface area contributed by atoms with Crippen LogP contribution in [0.1, 0.15) is 10.4 Å². The normalized spacial score (nSPS) is 11.4. The molecule has 0 radical (unpaired) electrons. The molecule has 1 amide bonds. The zero-order chi connectivity index (χ0) is 17.9. The second-order valence-corrected chi connectivity index (χ2v) is 8.51. The number of rotatable bonds is 5. The molecule has 0 atom stereocenters. The Morgan fingerprint density at radius 2 is 1.75 bits per heavy atom. The Hall–Kier alpha value is -1.65. The van der Waals surface area contributed by atoms with Crippen LogP contribution >= 0.6 is 22.6 Å². The zero-order valence-electron chi connectivity index (χ0n) is 13.4. The van der Waals surface area contributed by atoms with Gasteiger partial charge in [0, 0.05) is 23.2 Å². The van der Waals surface area contributed by atoms with Gasteiger partial charge in [0.05, 0.1) is 17.7 Å². The van der Waals surface area contributed by atoms with Crippen LogP contribution in [0.3, 0.4) is 0 Å². The SMILES string of the molecule is COc1ccc(S(=O)(=O)N(C)C)cc1NC(=O)c1ccc(I)cc1. The summed E-state index contributed by atoms with van der Waals surface area (Å²) in [7, 11) is 0.745. The molecule has 0 aliphatic rings. The molecule has 0 aliphatic carbocycles. The lowest BCUT2D eigenvalue weighted by Gasteiger charge is -2.15. The first-order chi connectivity index (χ1) is 11.3. The van der Waals surface area contributed by atoms with Gasteiger partial charge in [0.25, 0.3) is 5.91 Å². The summed E-state index contributed by atoms with van der Waals surface area (Å²) in [5.41, 5.74) is 0.766. The van der Waals surface area contributed by atoms with E-state index < -0.39 is 10.0 Å². The Balaban J connectivity index is 2.38. The Bertz CT molecular complexity index is 849. The molecule has 24 heavy (non-hydrogen) atoms. The van der Waals surface area contributed by atoms with Gasteiger partial charge in [0.1, 0.15) is 5.75 Å². The van der Waals surface area contributed by atoms with E-state index >= 15 is 0 Å². The molecule has 0 unspecified atom stereocenters. The Kier molecular flexibility index (Phi) is 5.83. The van der Waals surface area contributed by atoms with E-state index in [4.69, 9.17) is 4.74 Å². The lowest BCUT2D eigenvalue weighted by Crippen LogP contribution is -2.22. The van der Waals surface area contributed by atoms with Gasteiger partial charge in [-0.2, -0.15) is 0 Å². The minimum atomic E-state index is -3.60. The van der Waals surface area contributed by atoms with Gasteiger partial charge in [-0.1, -0.05) is 0 Å². The van der Waals surface area contributed by atoms with Gasteiger partial charge < -0.3 is 10.1 Å². The van der Waals surface area contributed by atoms with E-state index in [0.717, 1.165) is 7.88 Å². The summed E-state index contributed by atoms with van der Waals surface area (Å²) in [6.45, 7) is 0. The fourth-order valence-corrected chi connectivity index (χ4v) is 3.24. The maximum absolute atomic E-state index is 12.4. The number of nitrogens with one attached hydrogen (secondary N) is 1. The zero-order valence-corrected chi connectivity index (χ0v) is 16.4. The molecular formula is C16H17IN2O4S. The molecule has 0 aromatic heterocycles. The van der Waals surface area contributed by atoms with Gasteiger partial charge in [0.2, 0.25) is 10.0 Å². The average Bonchev–Trinajstić information content (AvgIpc) is 2.55. The smallest absolute Gasteiger partial charge is 0.255 e. The largest absolute Gasteiger partial charge is 0.495 e. The minimum absolute atomic E-state index is 0.0752. The topological polar surface area (TPSA) is 75.7 Å². The molecule has 0 heterocycles. The molecule has 0 spiro atoms. The lowest BCUT2D eigenvalue weighted by atomic mass is 10.2. The van der Waals surface area contributed by atoms with Crippen molar-refractivity contribution in [3.63, 3.8) is 0 Å². The van der Waals surface area contributed by atoms with E-state index in [9.17, 15) is 13.2 Å². The predicted molar refractivity (Wildman–Crippen MR) is 101 cm³/mol. The molecule has 0 saturated heterocycles. The first-order valence-electron chi connectivity index (χ1n) is 6.93. The van der Waals surface area contributed by atoms with Gasteiger partial charge >= 0.3 is 0 Å². The van der Waals surface area contributed by atoms with Gasteiger partial charge in [-0.3, -0.25) is 4.79 Å². The third kappa shape index (κ3) is 4.05. The highest BCUT2D eigenvalue weighted by Gasteiger charge is 2.20. The lowest BCUT2D eigenvalue weighted by molar-refractivity contribution is 0.102. The quantitative estimate of drug-likeness (QED) is 0.697. The van der Waals surface area contributed by atoms with Crippen LogP contribution in [0.15, 0.2) is 47.4 Å². The fraction of sp³-hybridized carbons (Fsp3) is 0.188. The number of ether oxygens (including phenoxy) is 1. The molecule has 8 heteroatoms. The number of nitrogens with zero attached hydrogens (tertiary/aromatic N) is 1. The van der Waals surface area contributed by atoms with Crippen LogP contribution in [-0.4, -0.2) is 39.8 Å². The molecule has 128 valence electrons. The summed E-state index contributed by atoms with van der Waals surface area (Å²) >= 11 is 2.15. The van der Waals surface area contributed by atoms with Crippen molar-refractivity contribution >= 4 is 44.2 Å². The van der Waals surface area contributed by atoms with Crippen LogP contribution in [0.4, 0.5) is 5.69 Å². The number of anilines is 1. The summed E-state index contributed by atoms with van der Waals surface area (Å²) < 4.78 is 31.8. The molecule has 6 nitrogen and oxygen atoms in total. The van der Waals surface area contributed by atoms with E-state index in [1.54, 1.807) is 12.1 Å². The number of benzene rings is 2. The van der Waals surface area contributed by atoms with E-state index in [2.05, 4.69) is 27.9 Å². The van der Waals surface area contributed by atoms with E-state index in [-0.39, 0.29) is 10.8 Å². The maximum Gasteiger partial charge on any atom is 0.255 e. The van der Waals surface area contributed by atoms with Gasteiger partial charge in [0.15, 0.2) is 0 Å². The molecule has 2 aromatic carbocycles. The van der Waals surface area contributed by atoms with Crippen LogP contribution in [0.5, 0.6) is 5.75 Å². The van der Waals surface area contributed by atoms with Crippen LogP contribution in [0.25, 0.3) is 0 Å². The molecule has 0 aliphatic heterocycles. The van der Waals surface area contributed by atoms with E-state index in [0.29, 0.717) is 17.0 Å². The van der Waals surface area contributed by atoms with E-state index in [1.807, 2.05) is 12.1 Å². The molecule has 2 aromatic rings. The molecule has 1 N–H and O–H groups in total. The second kappa shape index (κ2) is 7.49. The fourth-order valence-electron chi connectivity index (χ4n) is 1.95. The Morgan fingerprint density at radius 3 is 2.29 bits per heavy atom. The van der Waals surface area contributed by atoms with Crippen molar-refractivity contribution in [1.29, 1.82) is 0 Å². The number of hydrogen-bond acceptors (Lipinski definition) is 4. The van der Waals surface area contributed by atoms with Crippen LogP contribution in [0.2, 0.25) is 0 Å². The van der Waals surface area contributed by atoms with Crippen molar-refractivity contribution in [3.8, 4) is 5.75 Å². The highest BCUT2D eigenvalue weighted by atomic mass is 127. The predicted octanol–water partition coefficient (Wildman–Crippen LogP) is 2.80. The maximum atomic E-state index is 12.4. The Labute approximate surface area is 155 Å². The number of carbonyl (C=O) groups excluding carboxylic acids is 1. The molecular weight excluding hydrogens is 443 g/mol. The van der Waals surface area contributed by atoms with E-state index in [1.165, 1.54) is 39.4 Å². The summed E-state index contributed by atoms with van der Waals surface area (Å²) in [5, 5.41) is 2.70. The number of hydrogen-bond donors (Lipinski definition) is 1. The number of methoxy groups -OCH3 is 1. The van der Waals surface area contributed by atoms with Crippen LogP contribution in [0, 0.1) is 3.57 Å². The minimum Gasteiger partial charge on any atom is -0.495 e.